The van der Waals surface area contributed by atoms with Gasteiger partial charge in [0.2, 0.25) is 0 Å². The summed E-state index contributed by atoms with van der Waals surface area (Å²) in [5.74, 6) is -0.0937. The number of carbonyl (C=O) groups excluding carboxylic acids is 1. The number of anilines is 1. The van der Waals surface area contributed by atoms with Crippen LogP contribution in [0.2, 0.25) is 0 Å². The van der Waals surface area contributed by atoms with E-state index in [1.165, 1.54) is 17.5 Å². The summed E-state index contributed by atoms with van der Waals surface area (Å²) in [7, 11) is 1.44. The number of hydrogen-bond donors (Lipinski definition) is 1. The molecule has 0 aromatic carbocycles. The highest BCUT2D eigenvalue weighted by atomic mass is 16.5. The first kappa shape index (κ1) is 19.6. The van der Waals surface area contributed by atoms with Crippen LogP contribution in [0.5, 0.6) is 0 Å². The molecule has 0 unspecified atom stereocenters. The minimum absolute atomic E-state index is 0.0351. The zero-order valence-corrected chi connectivity index (χ0v) is 16.4. The maximum absolute atomic E-state index is 13.2. The molecule has 1 aliphatic heterocycles. The maximum Gasteiger partial charge on any atom is 0.267 e. The second kappa shape index (κ2) is 7.82. The van der Waals surface area contributed by atoms with Crippen molar-refractivity contribution in [2.75, 3.05) is 25.0 Å². The van der Waals surface area contributed by atoms with Gasteiger partial charge in [-0.1, -0.05) is 6.07 Å². The van der Waals surface area contributed by atoms with E-state index in [2.05, 4.69) is 5.32 Å². The Morgan fingerprint density at radius 2 is 2.07 bits per heavy atom. The summed E-state index contributed by atoms with van der Waals surface area (Å²) < 4.78 is 7.23. The van der Waals surface area contributed by atoms with Gasteiger partial charge in [0, 0.05) is 26.3 Å². The van der Waals surface area contributed by atoms with Crippen molar-refractivity contribution in [3.05, 3.63) is 45.4 Å². The topological polar surface area (TPSA) is 99.7 Å². The molecule has 8 heteroatoms. The van der Waals surface area contributed by atoms with Gasteiger partial charge in [-0.15, -0.1) is 0 Å². The SMILES string of the molecule is CNC(=O)/C(C#N)=C/c1c(N2C[C@H](C)O[C@@H](C)C2)nc2c(C)cccn2c1=O. The van der Waals surface area contributed by atoms with Gasteiger partial charge in [0.1, 0.15) is 23.1 Å². The van der Waals surface area contributed by atoms with Gasteiger partial charge in [-0.25, -0.2) is 4.98 Å². The molecule has 1 fully saturated rings. The van der Waals surface area contributed by atoms with Crippen LogP contribution in [0.3, 0.4) is 0 Å². The third-order valence-electron chi connectivity index (χ3n) is 4.66. The third kappa shape index (κ3) is 3.62. The number of rotatable bonds is 3. The van der Waals surface area contributed by atoms with Crippen LogP contribution in [0.15, 0.2) is 28.7 Å². The Kier molecular flexibility index (Phi) is 5.47. The molecule has 1 aliphatic rings. The van der Waals surface area contributed by atoms with Crippen LogP contribution >= 0.6 is 0 Å². The van der Waals surface area contributed by atoms with E-state index in [9.17, 15) is 14.9 Å². The fraction of sp³-hybridized carbons (Fsp3) is 0.400. The lowest BCUT2D eigenvalue weighted by atomic mass is 10.1. The van der Waals surface area contributed by atoms with E-state index in [-0.39, 0.29) is 28.9 Å². The summed E-state index contributed by atoms with van der Waals surface area (Å²) in [4.78, 5) is 32.0. The number of nitrogens with zero attached hydrogens (tertiary/aromatic N) is 4. The van der Waals surface area contributed by atoms with Crippen molar-refractivity contribution >= 4 is 23.4 Å². The molecule has 1 saturated heterocycles. The predicted octanol–water partition coefficient (Wildman–Crippen LogP) is 1.27. The van der Waals surface area contributed by atoms with Crippen LogP contribution in [-0.2, 0) is 9.53 Å². The van der Waals surface area contributed by atoms with Crippen molar-refractivity contribution in [1.29, 1.82) is 5.26 Å². The number of ether oxygens (including phenoxy) is 1. The van der Waals surface area contributed by atoms with E-state index >= 15 is 0 Å². The first-order valence-corrected chi connectivity index (χ1v) is 9.12. The molecule has 146 valence electrons. The number of fused-ring (bicyclic) bond motifs is 1. The van der Waals surface area contributed by atoms with Crippen LogP contribution in [-0.4, -0.2) is 47.6 Å². The first-order chi connectivity index (χ1) is 13.3. The normalized spacial score (nSPS) is 20.1. The summed E-state index contributed by atoms with van der Waals surface area (Å²) in [6, 6.07) is 5.52. The number of aromatic nitrogens is 2. The van der Waals surface area contributed by atoms with Crippen LogP contribution in [0.1, 0.15) is 25.0 Å². The molecule has 28 heavy (non-hydrogen) atoms. The average molecular weight is 381 g/mol. The van der Waals surface area contributed by atoms with Crippen molar-refractivity contribution in [1.82, 2.24) is 14.7 Å². The Bertz CT molecular complexity index is 1040. The number of morpholine rings is 1. The summed E-state index contributed by atoms with van der Waals surface area (Å²) in [6.07, 6.45) is 2.89. The zero-order valence-electron chi connectivity index (χ0n) is 16.4. The quantitative estimate of drug-likeness (QED) is 0.635. The van der Waals surface area contributed by atoms with E-state index in [4.69, 9.17) is 9.72 Å². The molecular formula is C20H23N5O3. The zero-order chi connectivity index (χ0) is 20.4. The Morgan fingerprint density at radius 1 is 1.39 bits per heavy atom. The second-order valence-electron chi connectivity index (χ2n) is 6.95. The molecule has 2 aromatic rings. The first-order valence-electron chi connectivity index (χ1n) is 9.12. The highest BCUT2D eigenvalue weighted by molar-refractivity contribution is 6.02. The number of nitriles is 1. The molecule has 0 bridgehead atoms. The largest absolute Gasteiger partial charge is 0.372 e. The minimum Gasteiger partial charge on any atom is -0.372 e. The van der Waals surface area contributed by atoms with Crippen molar-refractivity contribution in [2.45, 2.75) is 33.0 Å². The van der Waals surface area contributed by atoms with Crippen molar-refractivity contribution in [2.24, 2.45) is 0 Å². The summed E-state index contributed by atoms with van der Waals surface area (Å²) in [5.41, 5.74) is 1.14. The molecule has 3 rings (SSSR count). The lowest BCUT2D eigenvalue weighted by molar-refractivity contribution is -0.116. The molecule has 2 aromatic heterocycles. The summed E-state index contributed by atoms with van der Waals surface area (Å²) >= 11 is 0. The van der Waals surface area contributed by atoms with Gasteiger partial charge in [-0.3, -0.25) is 14.0 Å². The second-order valence-corrected chi connectivity index (χ2v) is 6.95. The molecule has 0 saturated carbocycles. The van der Waals surface area contributed by atoms with Crippen molar-refractivity contribution < 1.29 is 9.53 Å². The number of hydrogen-bond acceptors (Lipinski definition) is 6. The monoisotopic (exact) mass is 381 g/mol. The van der Waals surface area contributed by atoms with Crippen LogP contribution in [0.25, 0.3) is 11.7 Å². The fourth-order valence-corrected chi connectivity index (χ4v) is 3.45. The van der Waals surface area contributed by atoms with Crippen LogP contribution < -0.4 is 15.8 Å². The highest BCUT2D eigenvalue weighted by Gasteiger charge is 2.27. The minimum atomic E-state index is -0.550. The van der Waals surface area contributed by atoms with Gasteiger partial charge >= 0.3 is 0 Å². The molecule has 0 aliphatic carbocycles. The van der Waals surface area contributed by atoms with E-state index in [0.29, 0.717) is 24.6 Å². The molecule has 3 heterocycles. The Morgan fingerprint density at radius 3 is 2.68 bits per heavy atom. The number of likely N-dealkylation sites (N-methyl/N-ethyl adjacent to an activating group) is 1. The highest BCUT2D eigenvalue weighted by Crippen LogP contribution is 2.24. The lowest BCUT2D eigenvalue weighted by Crippen LogP contribution is -2.46. The fourth-order valence-electron chi connectivity index (χ4n) is 3.45. The molecule has 8 nitrogen and oxygen atoms in total. The van der Waals surface area contributed by atoms with Gasteiger partial charge in [-0.2, -0.15) is 5.26 Å². The van der Waals surface area contributed by atoms with Gasteiger partial charge in [0.15, 0.2) is 0 Å². The number of aryl methyl sites for hydroxylation is 1. The Balaban J connectivity index is 2.30. The third-order valence-corrected chi connectivity index (χ3v) is 4.66. The molecule has 2 atom stereocenters. The van der Waals surface area contributed by atoms with E-state index < -0.39 is 5.91 Å². The van der Waals surface area contributed by atoms with Gasteiger partial charge in [0.05, 0.1) is 17.8 Å². The van der Waals surface area contributed by atoms with E-state index in [1.807, 2.05) is 37.8 Å². The number of amides is 1. The maximum atomic E-state index is 13.2. The molecule has 0 radical (unpaired) electrons. The Hall–Kier alpha value is -3.18. The number of nitrogens with one attached hydrogen (secondary N) is 1. The number of pyridine rings is 1. The lowest BCUT2D eigenvalue weighted by Gasteiger charge is -2.36. The van der Waals surface area contributed by atoms with Crippen molar-refractivity contribution in [3.63, 3.8) is 0 Å². The standard InChI is InChI=1S/C20H23N5O3/c1-12-6-5-7-25-17(12)23-18(24-10-13(2)28-14(3)11-24)16(20(25)27)8-15(9-21)19(26)22-4/h5-8,13-14H,10-11H2,1-4H3,(H,22,26)/b15-8+/t13-,14-/m0/s1. The van der Waals surface area contributed by atoms with E-state index in [0.717, 1.165) is 5.56 Å². The smallest absolute Gasteiger partial charge is 0.267 e. The predicted molar refractivity (Wildman–Crippen MR) is 106 cm³/mol. The summed E-state index contributed by atoms with van der Waals surface area (Å²) in [5, 5.41) is 11.8. The van der Waals surface area contributed by atoms with Gasteiger partial charge in [-0.05, 0) is 38.5 Å². The van der Waals surface area contributed by atoms with E-state index in [1.54, 1.807) is 12.3 Å². The molecule has 0 spiro atoms. The van der Waals surface area contributed by atoms with Crippen molar-refractivity contribution in [3.8, 4) is 6.07 Å². The van der Waals surface area contributed by atoms with Crippen LogP contribution in [0, 0.1) is 18.3 Å². The molecular weight excluding hydrogens is 358 g/mol. The summed E-state index contributed by atoms with van der Waals surface area (Å²) in [6.45, 7) is 6.92. The molecule has 1 N–H and O–H groups in total. The van der Waals surface area contributed by atoms with Gasteiger partial charge in [0.25, 0.3) is 11.5 Å². The number of carbonyl (C=O) groups is 1. The van der Waals surface area contributed by atoms with Crippen LogP contribution in [0.4, 0.5) is 5.82 Å². The average Bonchev–Trinajstić information content (AvgIpc) is 2.66. The molecule has 1 amide bonds. The Labute approximate surface area is 163 Å². The van der Waals surface area contributed by atoms with Gasteiger partial charge < -0.3 is 15.0 Å².